The van der Waals surface area contributed by atoms with E-state index in [1.807, 2.05) is 48.5 Å². The average molecular weight is 562 g/mol. The van der Waals surface area contributed by atoms with Gasteiger partial charge in [-0.25, -0.2) is 14.6 Å². The van der Waals surface area contributed by atoms with Crippen molar-refractivity contribution in [3.8, 4) is 22.9 Å². The first-order valence-electron chi connectivity index (χ1n) is 13.0. The van der Waals surface area contributed by atoms with Gasteiger partial charge in [-0.3, -0.25) is 10.1 Å². The molecule has 0 saturated carbocycles. The number of hydrogen-bond donors (Lipinski definition) is 5. The Bertz CT molecular complexity index is 1460. The van der Waals surface area contributed by atoms with Gasteiger partial charge in [0, 0.05) is 23.7 Å². The normalized spacial score (nSPS) is 14.3. The van der Waals surface area contributed by atoms with Gasteiger partial charge in [-0.2, -0.15) is 4.98 Å². The predicted molar refractivity (Wildman–Crippen MR) is 151 cm³/mol. The number of primary amides is 1. The van der Waals surface area contributed by atoms with Crippen molar-refractivity contribution in [2.45, 2.75) is 25.8 Å². The lowest BCUT2D eigenvalue weighted by Crippen LogP contribution is -2.45. The van der Waals surface area contributed by atoms with E-state index in [-0.39, 0.29) is 41.7 Å². The van der Waals surface area contributed by atoms with Crippen LogP contribution in [0.3, 0.4) is 0 Å². The van der Waals surface area contributed by atoms with Crippen molar-refractivity contribution in [3.05, 3.63) is 72.1 Å². The van der Waals surface area contributed by atoms with Gasteiger partial charge in [-0.05, 0) is 50.6 Å². The number of aromatic nitrogens is 2. The second-order valence-corrected chi connectivity index (χ2v) is 8.89. The van der Waals surface area contributed by atoms with Crippen LogP contribution in [0.15, 0.2) is 69.5 Å². The van der Waals surface area contributed by atoms with Crippen LogP contribution in [0.1, 0.15) is 40.7 Å². The van der Waals surface area contributed by atoms with Crippen molar-refractivity contribution in [2.24, 2.45) is 5.73 Å². The van der Waals surface area contributed by atoms with E-state index in [9.17, 15) is 14.4 Å². The van der Waals surface area contributed by atoms with Crippen molar-refractivity contribution in [1.82, 2.24) is 20.6 Å². The molecule has 0 unspecified atom stereocenters. The van der Waals surface area contributed by atoms with Crippen LogP contribution >= 0.6 is 0 Å². The van der Waals surface area contributed by atoms with Gasteiger partial charge in [0.25, 0.3) is 5.91 Å². The maximum Gasteiger partial charge on any atom is 0.362 e. The van der Waals surface area contributed by atoms with E-state index in [0.29, 0.717) is 18.0 Å². The number of esters is 1. The minimum absolute atomic E-state index is 0.0122. The number of piperidine rings is 1. The van der Waals surface area contributed by atoms with Crippen LogP contribution in [-0.2, 0) is 4.74 Å². The molecule has 2 aromatic heterocycles. The highest BCUT2D eigenvalue weighted by molar-refractivity contribution is 6.00. The topological polar surface area (TPSA) is 201 Å². The number of hydrogen-bond acceptors (Lipinski definition) is 10. The largest absolute Gasteiger partial charge is 0.461 e. The van der Waals surface area contributed by atoms with Gasteiger partial charge in [-0.1, -0.05) is 36.4 Å². The number of nitrogens with two attached hydrogens (primary N) is 2. The number of carbonyl (C=O) groups excluding carboxylic acids is 3. The molecule has 1 fully saturated rings. The maximum absolute atomic E-state index is 12.5. The second-order valence-electron chi connectivity index (χ2n) is 8.89. The molecule has 7 N–H and O–H groups in total. The number of anilines is 2. The Hall–Kier alpha value is -5.17. The van der Waals surface area contributed by atoms with Crippen LogP contribution in [-0.4, -0.2) is 53.6 Å². The van der Waals surface area contributed by atoms with E-state index >= 15 is 0 Å². The molecule has 0 radical (unpaired) electrons. The number of nitrogens with one attached hydrogen (secondary N) is 3. The molecule has 2 aromatic carbocycles. The van der Waals surface area contributed by atoms with Gasteiger partial charge >= 0.3 is 12.0 Å². The number of benzene rings is 2. The van der Waals surface area contributed by atoms with Crippen LogP contribution in [0.25, 0.3) is 22.9 Å². The molecule has 1 atom stereocenters. The molecule has 41 heavy (non-hydrogen) atoms. The Morgan fingerprint density at radius 2 is 1.59 bits per heavy atom. The summed E-state index contributed by atoms with van der Waals surface area (Å²) in [5.41, 5.74) is 12.2. The fraction of sp³-hybridized carbons (Fsp3) is 0.250. The van der Waals surface area contributed by atoms with Crippen LogP contribution in [0, 0.1) is 0 Å². The zero-order valence-corrected chi connectivity index (χ0v) is 22.4. The van der Waals surface area contributed by atoms with Crippen LogP contribution in [0.5, 0.6) is 0 Å². The van der Waals surface area contributed by atoms with E-state index in [0.717, 1.165) is 24.9 Å². The van der Waals surface area contributed by atoms with Gasteiger partial charge < -0.3 is 35.7 Å². The molecular formula is C28H31N7O6. The standard InChI is InChI=1S/C16H19N5O3.C12H12N2O3/c17-16(23)21-15-12(13(22)19-11-7-4-8-18-9-11)20-14(24-15)10-5-2-1-3-6-10;1-2-16-12(15)9-10(13)17-11(14-9)8-6-4-3-5-7-8/h1-3,5-6,11,18H,4,7-9H2,(H,19,22)(H3,17,21,23);3-7H,2,13H2,1H3/t11-;/m0./s1. The van der Waals surface area contributed by atoms with Gasteiger partial charge in [0.15, 0.2) is 5.69 Å². The van der Waals surface area contributed by atoms with E-state index < -0.39 is 17.9 Å². The Kier molecular flexibility index (Phi) is 9.67. The van der Waals surface area contributed by atoms with E-state index in [1.165, 1.54) is 0 Å². The molecule has 0 bridgehead atoms. The lowest BCUT2D eigenvalue weighted by atomic mass is 10.1. The molecule has 3 heterocycles. The summed E-state index contributed by atoms with van der Waals surface area (Å²) in [5, 5.41) is 8.43. The summed E-state index contributed by atoms with van der Waals surface area (Å²) >= 11 is 0. The highest BCUT2D eigenvalue weighted by Gasteiger charge is 2.25. The summed E-state index contributed by atoms with van der Waals surface area (Å²) in [5.74, 6) is -0.503. The number of ether oxygens (including phenoxy) is 1. The molecule has 3 amide bonds. The molecule has 0 spiro atoms. The summed E-state index contributed by atoms with van der Waals surface area (Å²) in [7, 11) is 0. The number of urea groups is 1. The van der Waals surface area contributed by atoms with Crippen LogP contribution in [0.4, 0.5) is 16.6 Å². The quantitative estimate of drug-likeness (QED) is 0.208. The molecule has 1 aliphatic rings. The molecule has 13 heteroatoms. The number of amides is 3. The summed E-state index contributed by atoms with van der Waals surface area (Å²) in [4.78, 5) is 43.4. The molecule has 1 saturated heterocycles. The minimum atomic E-state index is -0.820. The molecular weight excluding hydrogens is 530 g/mol. The number of rotatable bonds is 7. The number of nitrogen functional groups attached to an aromatic ring is 1. The monoisotopic (exact) mass is 561 g/mol. The van der Waals surface area contributed by atoms with Crippen molar-refractivity contribution < 1.29 is 28.0 Å². The Labute approximate surface area is 235 Å². The Morgan fingerprint density at radius 3 is 2.15 bits per heavy atom. The van der Waals surface area contributed by atoms with E-state index in [2.05, 4.69) is 25.9 Å². The maximum atomic E-state index is 12.5. The fourth-order valence-electron chi connectivity index (χ4n) is 3.99. The van der Waals surface area contributed by atoms with E-state index in [1.54, 1.807) is 19.1 Å². The predicted octanol–water partition coefficient (Wildman–Crippen LogP) is 3.41. The lowest BCUT2D eigenvalue weighted by Gasteiger charge is -2.23. The van der Waals surface area contributed by atoms with Crippen molar-refractivity contribution in [2.75, 3.05) is 30.7 Å². The van der Waals surface area contributed by atoms with Gasteiger partial charge in [0.1, 0.15) is 0 Å². The minimum Gasteiger partial charge on any atom is -0.461 e. The van der Waals surface area contributed by atoms with Crippen molar-refractivity contribution >= 4 is 29.7 Å². The molecule has 1 aliphatic heterocycles. The van der Waals surface area contributed by atoms with Gasteiger partial charge in [0.05, 0.1) is 6.61 Å². The smallest absolute Gasteiger partial charge is 0.362 e. The van der Waals surface area contributed by atoms with E-state index in [4.69, 9.17) is 25.0 Å². The highest BCUT2D eigenvalue weighted by Crippen LogP contribution is 2.26. The molecule has 5 rings (SSSR count). The first kappa shape index (κ1) is 28.8. The Balaban J connectivity index is 0.000000201. The summed E-state index contributed by atoms with van der Waals surface area (Å²) in [6.45, 7) is 3.63. The van der Waals surface area contributed by atoms with Gasteiger partial charge in [-0.15, -0.1) is 0 Å². The summed E-state index contributed by atoms with van der Waals surface area (Å²) in [6.07, 6.45) is 1.88. The average Bonchev–Trinajstić information content (AvgIpc) is 3.58. The number of nitrogens with zero attached hydrogens (tertiary/aromatic N) is 2. The fourth-order valence-corrected chi connectivity index (χ4v) is 3.99. The molecule has 214 valence electrons. The zero-order chi connectivity index (χ0) is 29.2. The van der Waals surface area contributed by atoms with Gasteiger partial charge in [0.2, 0.25) is 29.2 Å². The van der Waals surface area contributed by atoms with Crippen molar-refractivity contribution in [1.29, 1.82) is 0 Å². The third-order valence-corrected chi connectivity index (χ3v) is 5.87. The Morgan fingerprint density at radius 1 is 0.976 bits per heavy atom. The number of carbonyl (C=O) groups is 3. The molecule has 13 nitrogen and oxygen atoms in total. The lowest BCUT2D eigenvalue weighted by molar-refractivity contribution is 0.0521. The third kappa shape index (κ3) is 7.70. The zero-order valence-electron chi connectivity index (χ0n) is 22.4. The first-order valence-corrected chi connectivity index (χ1v) is 13.0. The SMILES string of the molecule is CCOC(=O)c1nc(-c2ccccc2)oc1N.NC(=O)Nc1oc(-c2ccccc2)nc1C(=O)N[C@H]1CCCNC1. The molecule has 4 aromatic rings. The summed E-state index contributed by atoms with van der Waals surface area (Å²) < 4.78 is 15.6. The second kappa shape index (κ2) is 13.8. The summed E-state index contributed by atoms with van der Waals surface area (Å²) in [6, 6.07) is 17.5. The van der Waals surface area contributed by atoms with Crippen LogP contribution < -0.4 is 27.4 Å². The van der Waals surface area contributed by atoms with Crippen molar-refractivity contribution in [3.63, 3.8) is 0 Å². The number of oxazole rings is 2. The van der Waals surface area contributed by atoms with Crippen LogP contribution in [0.2, 0.25) is 0 Å². The highest BCUT2D eigenvalue weighted by atomic mass is 16.5. The first-order chi connectivity index (χ1) is 19.9. The third-order valence-electron chi connectivity index (χ3n) is 5.87. The molecule has 0 aliphatic carbocycles.